The average molecular weight is 293 g/mol. The Labute approximate surface area is 125 Å². The molecule has 1 aliphatic carbocycles. The molecule has 1 aromatic carbocycles. The van der Waals surface area contributed by atoms with Crippen LogP contribution in [0.5, 0.6) is 0 Å². The molecule has 1 amide bonds. The van der Waals surface area contributed by atoms with Crippen LogP contribution in [-0.2, 0) is 4.79 Å². The number of likely N-dealkylation sites (N-methyl/N-ethyl adjacent to an activating group) is 2. The lowest BCUT2D eigenvalue weighted by molar-refractivity contribution is -0.125. The number of hydrogen-bond donors (Lipinski definition) is 2. The van der Waals surface area contributed by atoms with Crippen molar-refractivity contribution in [3.8, 4) is 0 Å². The number of halogens is 1. The van der Waals surface area contributed by atoms with E-state index in [0.717, 1.165) is 12.8 Å². The Morgan fingerprint density at radius 3 is 2.57 bits per heavy atom. The van der Waals surface area contributed by atoms with E-state index in [1.165, 1.54) is 6.07 Å². The minimum atomic E-state index is -0.771. The fourth-order valence-electron chi connectivity index (χ4n) is 2.96. The maximum Gasteiger partial charge on any atom is 0.239 e. The van der Waals surface area contributed by atoms with Gasteiger partial charge in [0.25, 0.3) is 0 Å². The number of primary amides is 1. The molecule has 0 radical (unpaired) electrons. The molecule has 0 heterocycles. The Morgan fingerprint density at radius 2 is 2.10 bits per heavy atom. The van der Waals surface area contributed by atoms with Gasteiger partial charge in [0.2, 0.25) is 5.91 Å². The first-order valence-electron chi connectivity index (χ1n) is 7.59. The summed E-state index contributed by atoms with van der Waals surface area (Å²) in [6.07, 6.45) is 1.98. The van der Waals surface area contributed by atoms with Crippen molar-refractivity contribution < 1.29 is 9.18 Å². The number of nitrogens with two attached hydrogens (primary N) is 1. The molecule has 0 aromatic heterocycles. The molecule has 3 N–H and O–H groups in total. The monoisotopic (exact) mass is 293 g/mol. The number of nitrogens with one attached hydrogen (secondary N) is 1. The molecular formula is C16H24FN3O. The van der Waals surface area contributed by atoms with E-state index in [0.29, 0.717) is 25.3 Å². The molecule has 1 aromatic rings. The molecule has 1 unspecified atom stereocenters. The molecule has 1 saturated carbocycles. The minimum absolute atomic E-state index is 0.246. The highest BCUT2D eigenvalue weighted by atomic mass is 19.1. The zero-order valence-electron chi connectivity index (χ0n) is 12.7. The summed E-state index contributed by atoms with van der Waals surface area (Å²) in [5, 5.41) is 3.27. The molecule has 1 aliphatic rings. The molecule has 21 heavy (non-hydrogen) atoms. The topological polar surface area (TPSA) is 58.4 Å². The van der Waals surface area contributed by atoms with Gasteiger partial charge in [-0.05, 0) is 44.4 Å². The molecular weight excluding hydrogens is 269 g/mol. The number of nitrogens with zero attached hydrogens (tertiary/aromatic N) is 1. The first kappa shape index (κ1) is 15.8. The van der Waals surface area contributed by atoms with Gasteiger partial charge in [0, 0.05) is 13.1 Å². The SMILES string of the molecule is CCNC(CN(CC)c1ccccc1F)(C(N)=O)C1CC1. The fraction of sp³-hybridized carbons (Fsp3) is 0.562. The maximum atomic E-state index is 14.0. The second-order valence-corrected chi connectivity index (χ2v) is 5.61. The van der Waals surface area contributed by atoms with E-state index in [2.05, 4.69) is 5.32 Å². The number of rotatable bonds is 8. The summed E-state index contributed by atoms with van der Waals surface area (Å²) >= 11 is 0. The first-order chi connectivity index (χ1) is 10.0. The highest BCUT2D eigenvalue weighted by Crippen LogP contribution is 2.40. The van der Waals surface area contributed by atoms with Gasteiger partial charge in [0.1, 0.15) is 11.4 Å². The van der Waals surface area contributed by atoms with Crippen LogP contribution in [-0.4, -0.2) is 31.1 Å². The van der Waals surface area contributed by atoms with Gasteiger partial charge in [0.15, 0.2) is 0 Å². The van der Waals surface area contributed by atoms with Crippen molar-refractivity contribution in [2.75, 3.05) is 24.5 Å². The van der Waals surface area contributed by atoms with Gasteiger partial charge in [-0.2, -0.15) is 0 Å². The number of hydrogen-bond acceptors (Lipinski definition) is 3. The van der Waals surface area contributed by atoms with Crippen LogP contribution < -0.4 is 16.0 Å². The van der Waals surface area contributed by atoms with E-state index in [9.17, 15) is 9.18 Å². The highest BCUT2D eigenvalue weighted by molar-refractivity contribution is 5.86. The van der Waals surface area contributed by atoms with Gasteiger partial charge in [-0.25, -0.2) is 4.39 Å². The Hall–Kier alpha value is -1.62. The third-order valence-electron chi connectivity index (χ3n) is 4.22. The quantitative estimate of drug-likeness (QED) is 0.769. The second kappa shape index (κ2) is 6.43. The van der Waals surface area contributed by atoms with Gasteiger partial charge >= 0.3 is 0 Å². The summed E-state index contributed by atoms with van der Waals surface area (Å²) in [6, 6.07) is 6.65. The average Bonchev–Trinajstić information content (AvgIpc) is 3.29. The molecule has 1 atom stereocenters. The third-order valence-corrected chi connectivity index (χ3v) is 4.22. The molecule has 0 aliphatic heterocycles. The van der Waals surface area contributed by atoms with Gasteiger partial charge < -0.3 is 16.0 Å². The van der Waals surface area contributed by atoms with E-state index >= 15 is 0 Å². The van der Waals surface area contributed by atoms with E-state index < -0.39 is 5.54 Å². The molecule has 0 spiro atoms. The van der Waals surface area contributed by atoms with E-state index in [1.807, 2.05) is 18.7 Å². The summed E-state index contributed by atoms with van der Waals surface area (Å²) in [4.78, 5) is 14.0. The Morgan fingerprint density at radius 1 is 1.43 bits per heavy atom. The third kappa shape index (κ3) is 3.18. The van der Waals surface area contributed by atoms with Gasteiger partial charge in [-0.15, -0.1) is 0 Å². The summed E-state index contributed by atoms with van der Waals surface area (Å²) in [5.74, 6) is -0.373. The summed E-state index contributed by atoms with van der Waals surface area (Å²) < 4.78 is 14.0. The molecule has 2 rings (SSSR count). The Kier molecular flexibility index (Phi) is 4.83. The largest absolute Gasteiger partial charge is 0.368 e. The molecule has 0 saturated heterocycles. The van der Waals surface area contributed by atoms with Crippen molar-refractivity contribution >= 4 is 11.6 Å². The molecule has 5 heteroatoms. The van der Waals surface area contributed by atoms with E-state index in [4.69, 9.17) is 5.73 Å². The molecule has 0 bridgehead atoms. The van der Waals surface area contributed by atoms with Crippen LogP contribution >= 0.6 is 0 Å². The summed E-state index contributed by atoms with van der Waals surface area (Å²) in [5.41, 5.74) is 5.44. The van der Waals surface area contributed by atoms with Crippen LogP contribution in [0.2, 0.25) is 0 Å². The van der Waals surface area contributed by atoms with Crippen LogP contribution in [0.15, 0.2) is 24.3 Å². The smallest absolute Gasteiger partial charge is 0.239 e. The van der Waals surface area contributed by atoms with E-state index in [-0.39, 0.29) is 17.6 Å². The van der Waals surface area contributed by atoms with Gasteiger partial charge in [-0.3, -0.25) is 4.79 Å². The number of anilines is 1. The van der Waals surface area contributed by atoms with Crippen molar-refractivity contribution in [1.29, 1.82) is 0 Å². The zero-order chi connectivity index (χ0) is 15.5. The number of carbonyl (C=O) groups excluding carboxylic acids is 1. The molecule has 4 nitrogen and oxygen atoms in total. The lowest BCUT2D eigenvalue weighted by Gasteiger charge is -2.37. The van der Waals surface area contributed by atoms with Crippen LogP contribution in [0.25, 0.3) is 0 Å². The number of carbonyl (C=O) groups is 1. The predicted molar refractivity (Wildman–Crippen MR) is 82.6 cm³/mol. The van der Waals surface area contributed by atoms with Gasteiger partial charge in [-0.1, -0.05) is 19.1 Å². The Balaban J connectivity index is 2.29. The summed E-state index contributed by atoms with van der Waals surface area (Å²) in [6.45, 7) is 5.59. The Bertz CT molecular complexity index is 504. The summed E-state index contributed by atoms with van der Waals surface area (Å²) in [7, 11) is 0. The van der Waals surface area contributed by atoms with Crippen LogP contribution in [0.3, 0.4) is 0 Å². The van der Waals surface area contributed by atoms with Crippen molar-refractivity contribution in [2.45, 2.75) is 32.2 Å². The zero-order valence-corrected chi connectivity index (χ0v) is 12.7. The van der Waals surface area contributed by atoms with E-state index in [1.54, 1.807) is 18.2 Å². The van der Waals surface area contributed by atoms with Crippen molar-refractivity contribution in [2.24, 2.45) is 11.7 Å². The number of benzene rings is 1. The highest BCUT2D eigenvalue weighted by Gasteiger charge is 2.50. The second-order valence-electron chi connectivity index (χ2n) is 5.61. The lowest BCUT2D eigenvalue weighted by atomic mass is 9.91. The van der Waals surface area contributed by atoms with Crippen LogP contribution in [0.1, 0.15) is 26.7 Å². The standard InChI is InChI=1S/C16H24FN3O/c1-3-19-16(15(18)21,12-9-10-12)11-20(4-2)14-8-6-5-7-13(14)17/h5-8,12,19H,3-4,9-11H2,1-2H3,(H2,18,21). The molecule has 1 fully saturated rings. The van der Waals surface area contributed by atoms with Crippen LogP contribution in [0.4, 0.5) is 10.1 Å². The van der Waals surface area contributed by atoms with Crippen LogP contribution in [0, 0.1) is 11.7 Å². The maximum absolute atomic E-state index is 14.0. The minimum Gasteiger partial charge on any atom is -0.368 e. The van der Waals surface area contributed by atoms with Crippen molar-refractivity contribution in [3.05, 3.63) is 30.1 Å². The fourth-order valence-corrected chi connectivity index (χ4v) is 2.96. The van der Waals surface area contributed by atoms with Crippen molar-refractivity contribution in [1.82, 2.24) is 5.32 Å². The molecule has 116 valence electrons. The number of para-hydroxylation sites is 1. The predicted octanol–water partition coefficient (Wildman–Crippen LogP) is 1.90. The van der Waals surface area contributed by atoms with Gasteiger partial charge in [0.05, 0.1) is 5.69 Å². The lowest BCUT2D eigenvalue weighted by Crippen LogP contribution is -2.63. The normalized spacial score (nSPS) is 17.3. The number of amides is 1. The van der Waals surface area contributed by atoms with Crippen molar-refractivity contribution in [3.63, 3.8) is 0 Å². The first-order valence-corrected chi connectivity index (χ1v) is 7.59.